The van der Waals surface area contributed by atoms with E-state index in [4.69, 9.17) is 15.9 Å². The SMILES string of the molecule is Cc1ccc(COc2ccc(C(=N)N)cc2)cc1.Cl. The van der Waals surface area contributed by atoms with Gasteiger partial charge in [-0.25, -0.2) is 0 Å². The van der Waals surface area contributed by atoms with Crippen LogP contribution in [0.4, 0.5) is 0 Å². The number of nitrogens with two attached hydrogens (primary N) is 1. The van der Waals surface area contributed by atoms with Gasteiger partial charge in [0, 0.05) is 5.56 Å². The van der Waals surface area contributed by atoms with Crippen LogP contribution in [0.2, 0.25) is 0 Å². The molecule has 4 heteroatoms. The van der Waals surface area contributed by atoms with E-state index in [-0.39, 0.29) is 18.2 Å². The van der Waals surface area contributed by atoms with Crippen molar-refractivity contribution in [2.45, 2.75) is 13.5 Å². The fourth-order valence-corrected chi connectivity index (χ4v) is 1.58. The molecule has 100 valence electrons. The Balaban J connectivity index is 0.00000180. The number of nitrogen functional groups attached to an aromatic ring is 1. The Morgan fingerprint density at radius 2 is 1.63 bits per heavy atom. The molecular weight excluding hydrogens is 260 g/mol. The Kier molecular flexibility index (Phi) is 5.39. The minimum absolute atomic E-state index is 0. The summed E-state index contributed by atoms with van der Waals surface area (Å²) in [5.74, 6) is 0.848. The molecule has 3 N–H and O–H groups in total. The lowest BCUT2D eigenvalue weighted by atomic mass is 10.2. The molecule has 0 spiro atoms. The summed E-state index contributed by atoms with van der Waals surface area (Å²) < 4.78 is 5.66. The Labute approximate surface area is 119 Å². The second-order valence-electron chi connectivity index (χ2n) is 4.21. The molecule has 0 heterocycles. The van der Waals surface area contributed by atoms with Crippen molar-refractivity contribution in [3.63, 3.8) is 0 Å². The molecule has 2 aromatic carbocycles. The fraction of sp³-hybridized carbons (Fsp3) is 0.133. The maximum absolute atomic E-state index is 7.30. The highest BCUT2D eigenvalue weighted by atomic mass is 35.5. The molecule has 0 atom stereocenters. The third-order valence-corrected chi connectivity index (χ3v) is 2.69. The topological polar surface area (TPSA) is 59.1 Å². The summed E-state index contributed by atoms with van der Waals surface area (Å²) in [7, 11) is 0. The molecule has 0 saturated carbocycles. The fourth-order valence-electron chi connectivity index (χ4n) is 1.58. The molecule has 0 radical (unpaired) electrons. The lowest BCUT2D eigenvalue weighted by molar-refractivity contribution is 0.306. The monoisotopic (exact) mass is 276 g/mol. The zero-order chi connectivity index (χ0) is 13.0. The molecule has 0 aliphatic heterocycles. The van der Waals surface area contributed by atoms with Crippen LogP contribution in [0, 0.1) is 12.3 Å². The lowest BCUT2D eigenvalue weighted by Crippen LogP contribution is -2.10. The van der Waals surface area contributed by atoms with Gasteiger partial charge in [0.25, 0.3) is 0 Å². The summed E-state index contributed by atoms with van der Waals surface area (Å²) in [6, 6.07) is 15.5. The van der Waals surface area contributed by atoms with Crippen LogP contribution in [0.5, 0.6) is 5.75 Å². The first-order valence-electron chi connectivity index (χ1n) is 5.78. The second kappa shape index (κ2) is 6.81. The van der Waals surface area contributed by atoms with Crippen LogP contribution in [0.3, 0.4) is 0 Å². The summed E-state index contributed by atoms with van der Waals surface area (Å²) in [6.45, 7) is 2.60. The molecule has 0 unspecified atom stereocenters. The molecule has 0 aliphatic carbocycles. The first kappa shape index (κ1) is 15.1. The molecule has 0 fully saturated rings. The van der Waals surface area contributed by atoms with Crippen LogP contribution >= 0.6 is 12.4 Å². The van der Waals surface area contributed by atoms with Crippen molar-refractivity contribution in [2.75, 3.05) is 0 Å². The molecule has 3 nitrogen and oxygen atoms in total. The first-order chi connectivity index (χ1) is 8.65. The van der Waals surface area contributed by atoms with Gasteiger partial charge in [-0.15, -0.1) is 12.4 Å². The summed E-state index contributed by atoms with van der Waals surface area (Å²) in [4.78, 5) is 0. The van der Waals surface area contributed by atoms with Gasteiger partial charge < -0.3 is 10.5 Å². The number of hydrogen-bond donors (Lipinski definition) is 2. The maximum atomic E-state index is 7.30. The molecule has 0 aliphatic rings. The lowest BCUT2D eigenvalue weighted by Gasteiger charge is -2.07. The van der Waals surface area contributed by atoms with Gasteiger partial charge in [0.05, 0.1) is 0 Å². The highest BCUT2D eigenvalue weighted by Crippen LogP contribution is 2.14. The van der Waals surface area contributed by atoms with E-state index in [1.165, 1.54) is 5.56 Å². The molecule has 0 saturated heterocycles. The molecule has 0 bridgehead atoms. The number of hydrogen-bond acceptors (Lipinski definition) is 2. The highest BCUT2D eigenvalue weighted by molar-refractivity contribution is 5.94. The van der Waals surface area contributed by atoms with Crippen LogP contribution in [0.25, 0.3) is 0 Å². The van der Waals surface area contributed by atoms with E-state index in [0.717, 1.165) is 11.3 Å². The van der Waals surface area contributed by atoms with Crippen molar-refractivity contribution >= 4 is 18.2 Å². The van der Waals surface area contributed by atoms with Crippen LogP contribution in [0.1, 0.15) is 16.7 Å². The zero-order valence-electron chi connectivity index (χ0n) is 10.7. The predicted molar refractivity (Wildman–Crippen MR) is 80.2 cm³/mol. The minimum Gasteiger partial charge on any atom is -0.489 e. The van der Waals surface area contributed by atoms with E-state index >= 15 is 0 Å². The molecule has 0 amide bonds. The van der Waals surface area contributed by atoms with E-state index in [1.54, 1.807) is 12.1 Å². The summed E-state index contributed by atoms with van der Waals surface area (Å²) in [6.07, 6.45) is 0. The van der Waals surface area contributed by atoms with Gasteiger partial charge in [0.1, 0.15) is 18.2 Å². The quantitative estimate of drug-likeness (QED) is 0.665. The molecule has 2 rings (SSSR count). The number of benzene rings is 2. The van der Waals surface area contributed by atoms with Gasteiger partial charge in [-0.3, -0.25) is 5.41 Å². The van der Waals surface area contributed by atoms with E-state index < -0.39 is 0 Å². The molecule has 19 heavy (non-hydrogen) atoms. The Bertz CT molecular complexity index is 535. The van der Waals surface area contributed by atoms with Crippen molar-refractivity contribution in [1.82, 2.24) is 0 Å². The van der Waals surface area contributed by atoms with Crippen molar-refractivity contribution in [1.29, 1.82) is 5.41 Å². The van der Waals surface area contributed by atoms with Gasteiger partial charge >= 0.3 is 0 Å². The van der Waals surface area contributed by atoms with Crippen LogP contribution in [0.15, 0.2) is 48.5 Å². The minimum atomic E-state index is 0. The maximum Gasteiger partial charge on any atom is 0.122 e. The Morgan fingerprint density at radius 1 is 1.05 bits per heavy atom. The Hall–Kier alpha value is -2.00. The Morgan fingerprint density at radius 3 is 2.16 bits per heavy atom. The van der Waals surface area contributed by atoms with Crippen LogP contribution in [-0.2, 0) is 6.61 Å². The summed E-state index contributed by atoms with van der Waals surface area (Å²) in [5.41, 5.74) is 8.47. The first-order valence-corrected chi connectivity index (χ1v) is 5.78. The van der Waals surface area contributed by atoms with E-state index in [1.807, 2.05) is 12.1 Å². The number of ether oxygens (including phenoxy) is 1. The highest BCUT2D eigenvalue weighted by Gasteiger charge is 1.98. The van der Waals surface area contributed by atoms with Gasteiger partial charge in [0.2, 0.25) is 0 Å². The molecule has 2 aromatic rings. The van der Waals surface area contributed by atoms with Gasteiger partial charge in [-0.1, -0.05) is 29.8 Å². The normalized spacial score (nSPS) is 9.53. The number of amidine groups is 1. The van der Waals surface area contributed by atoms with E-state index in [2.05, 4.69) is 31.2 Å². The zero-order valence-corrected chi connectivity index (χ0v) is 11.5. The van der Waals surface area contributed by atoms with E-state index in [9.17, 15) is 0 Å². The number of halogens is 1. The van der Waals surface area contributed by atoms with Crippen molar-refractivity contribution in [3.8, 4) is 5.75 Å². The van der Waals surface area contributed by atoms with Gasteiger partial charge in [-0.05, 0) is 36.8 Å². The molecular formula is C15H17ClN2O. The summed E-state index contributed by atoms with van der Waals surface area (Å²) in [5, 5.41) is 7.30. The molecule has 0 aromatic heterocycles. The third-order valence-electron chi connectivity index (χ3n) is 2.69. The standard InChI is InChI=1S/C15H16N2O.ClH/c1-11-2-4-12(5-3-11)10-18-14-8-6-13(7-9-14)15(16)17;/h2-9H,10H2,1H3,(H3,16,17);1H. The predicted octanol–water partition coefficient (Wildman–Crippen LogP) is 3.28. The van der Waals surface area contributed by atoms with Gasteiger partial charge in [-0.2, -0.15) is 0 Å². The van der Waals surface area contributed by atoms with Crippen molar-refractivity contribution < 1.29 is 4.74 Å². The van der Waals surface area contributed by atoms with Crippen LogP contribution in [-0.4, -0.2) is 5.84 Å². The average molecular weight is 277 g/mol. The summed E-state index contributed by atoms with van der Waals surface area (Å²) >= 11 is 0. The largest absolute Gasteiger partial charge is 0.489 e. The van der Waals surface area contributed by atoms with Crippen molar-refractivity contribution in [3.05, 3.63) is 65.2 Å². The number of nitrogens with one attached hydrogen (secondary N) is 1. The average Bonchev–Trinajstić information content (AvgIpc) is 2.38. The van der Waals surface area contributed by atoms with Gasteiger partial charge in [0.15, 0.2) is 0 Å². The van der Waals surface area contributed by atoms with E-state index in [0.29, 0.717) is 12.2 Å². The number of rotatable bonds is 4. The smallest absolute Gasteiger partial charge is 0.122 e. The van der Waals surface area contributed by atoms with Crippen molar-refractivity contribution in [2.24, 2.45) is 5.73 Å². The third kappa shape index (κ3) is 4.30. The van der Waals surface area contributed by atoms with Crippen LogP contribution < -0.4 is 10.5 Å². The number of aryl methyl sites for hydroxylation is 1. The second-order valence-corrected chi connectivity index (χ2v) is 4.21.